The second-order valence-electron chi connectivity index (χ2n) is 2.97. The van der Waals surface area contributed by atoms with Crippen molar-refractivity contribution in [3.8, 4) is 0 Å². The Kier molecular flexibility index (Phi) is 5.85. The van der Waals surface area contributed by atoms with E-state index in [0.717, 1.165) is 6.42 Å². The van der Waals surface area contributed by atoms with E-state index in [-0.39, 0.29) is 12.6 Å². The van der Waals surface area contributed by atoms with E-state index >= 15 is 0 Å². The minimum Gasteiger partial charge on any atom is -0.457 e. The van der Waals surface area contributed by atoms with Crippen molar-refractivity contribution in [2.45, 2.75) is 33.2 Å². The maximum absolute atomic E-state index is 10.9. The Morgan fingerprint density at radius 3 is 2.77 bits per heavy atom. The topological polar surface area (TPSA) is 38.7 Å². The Morgan fingerprint density at radius 1 is 1.69 bits per heavy atom. The Labute approximate surface area is 79.5 Å². The molecule has 13 heavy (non-hydrogen) atoms. The molecule has 0 heterocycles. The summed E-state index contributed by atoms with van der Waals surface area (Å²) in [7, 11) is 0. The Bertz CT molecular complexity index is 209. The van der Waals surface area contributed by atoms with E-state index in [4.69, 9.17) is 4.74 Å². The van der Waals surface area contributed by atoms with Crippen molar-refractivity contribution in [2.24, 2.45) is 4.99 Å². The predicted octanol–water partition coefficient (Wildman–Crippen LogP) is 1.97. The van der Waals surface area contributed by atoms with Gasteiger partial charge in [-0.3, -0.25) is 4.99 Å². The molecule has 0 aromatic heterocycles. The summed E-state index contributed by atoms with van der Waals surface area (Å²) in [6, 6.07) is 0.295. The Morgan fingerprint density at radius 2 is 2.31 bits per heavy atom. The minimum absolute atomic E-state index is 0.232. The first kappa shape index (κ1) is 11.9. The van der Waals surface area contributed by atoms with Gasteiger partial charge in [0.25, 0.3) is 0 Å². The maximum Gasteiger partial charge on any atom is 0.333 e. The fourth-order valence-corrected chi connectivity index (χ4v) is 0.565. The number of carbonyl (C=O) groups excluding carboxylic acids is 1. The van der Waals surface area contributed by atoms with Crippen molar-refractivity contribution in [1.29, 1.82) is 0 Å². The number of aliphatic imine (C=N–C) groups is 1. The second kappa shape index (κ2) is 6.40. The molecule has 0 aromatic carbocycles. The van der Waals surface area contributed by atoms with Crippen LogP contribution in [0.2, 0.25) is 0 Å². The van der Waals surface area contributed by atoms with Crippen LogP contribution in [0.1, 0.15) is 27.2 Å². The first-order valence-corrected chi connectivity index (χ1v) is 4.42. The van der Waals surface area contributed by atoms with Gasteiger partial charge in [-0.25, -0.2) is 4.79 Å². The highest BCUT2D eigenvalue weighted by molar-refractivity contribution is 5.87. The molecule has 0 N–H and O–H groups in total. The standard InChI is InChI=1S/C10H17NO2/c1-5-9(4)11-6-7-13-10(12)8(2)3/h6,9H,2,5,7H2,1,3-4H3/b11-6+. The van der Waals surface area contributed by atoms with Crippen molar-refractivity contribution < 1.29 is 9.53 Å². The van der Waals surface area contributed by atoms with Crippen LogP contribution >= 0.6 is 0 Å². The van der Waals surface area contributed by atoms with E-state index in [2.05, 4.69) is 18.5 Å². The van der Waals surface area contributed by atoms with Crippen LogP contribution in [-0.2, 0) is 9.53 Å². The fraction of sp³-hybridized carbons (Fsp3) is 0.600. The van der Waals surface area contributed by atoms with E-state index < -0.39 is 0 Å². The van der Waals surface area contributed by atoms with Gasteiger partial charge in [-0.1, -0.05) is 13.5 Å². The van der Waals surface area contributed by atoms with Crippen molar-refractivity contribution >= 4 is 12.2 Å². The molecule has 0 saturated carbocycles. The van der Waals surface area contributed by atoms with Gasteiger partial charge in [0.1, 0.15) is 6.61 Å². The van der Waals surface area contributed by atoms with Gasteiger partial charge in [-0.15, -0.1) is 0 Å². The summed E-state index contributed by atoms with van der Waals surface area (Å²) in [6.07, 6.45) is 2.61. The largest absolute Gasteiger partial charge is 0.457 e. The third-order valence-corrected chi connectivity index (χ3v) is 1.59. The minimum atomic E-state index is -0.365. The molecule has 0 bridgehead atoms. The zero-order valence-electron chi connectivity index (χ0n) is 8.54. The van der Waals surface area contributed by atoms with E-state index in [9.17, 15) is 4.79 Å². The summed E-state index contributed by atoms with van der Waals surface area (Å²) in [5.74, 6) is -0.365. The molecule has 0 saturated heterocycles. The van der Waals surface area contributed by atoms with Gasteiger partial charge >= 0.3 is 5.97 Å². The highest BCUT2D eigenvalue weighted by atomic mass is 16.5. The van der Waals surface area contributed by atoms with E-state index in [1.54, 1.807) is 13.1 Å². The molecule has 0 amide bonds. The lowest BCUT2D eigenvalue weighted by atomic mass is 10.3. The van der Waals surface area contributed by atoms with Gasteiger partial charge in [-0.05, 0) is 20.3 Å². The fourth-order valence-electron chi connectivity index (χ4n) is 0.565. The van der Waals surface area contributed by atoms with Crippen molar-refractivity contribution in [1.82, 2.24) is 0 Å². The average molecular weight is 183 g/mol. The van der Waals surface area contributed by atoms with Gasteiger partial charge in [0.15, 0.2) is 0 Å². The lowest BCUT2D eigenvalue weighted by Crippen LogP contribution is -2.07. The third kappa shape index (κ3) is 6.08. The Hall–Kier alpha value is -1.12. The molecule has 1 unspecified atom stereocenters. The molecule has 0 spiro atoms. The van der Waals surface area contributed by atoms with Crippen LogP contribution in [0, 0.1) is 0 Å². The number of ether oxygens (including phenoxy) is 1. The number of esters is 1. The monoisotopic (exact) mass is 183 g/mol. The lowest BCUT2D eigenvalue weighted by Gasteiger charge is -2.01. The van der Waals surface area contributed by atoms with Crippen molar-refractivity contribution in [3.05, 3.63) is 12.2 Å². The quantitative estimate of drug-likeness (QED) is 0.371. The third-order valence-electron chi connectivity index (χ3n) is 1.59. The second-order valence-corrected chi connectivity index (χ2v) is 2.97. The van der Waals surface area contributed by atoms with Gasteiger partial charge in [-0.2, -0.15) is 0 Å². The molecule has 0 rings (SSSR count). The summed E-state index contributed by atoms with van der Waals surface area (Å²) in [6.45, 7) is 9.39. The molecule has 1 atom stereocenters. The van der Waals surface area contributed by atoms with Crippen LogP contribution in [0.4, 0.5) is 0 Å². The number of hydrogen-bond acceptors (Lipinski definition) is 3. The highest BCUT2D eigenvalue weighted by Crippen LogP contribution is 1.94. The average Bonchev–Trinajstić information content (AvgIpc) is 2.11. The lowest BCUT2D eigenvalue weighted by molar-refractivity contribution is -0.137. The summed E-state index contributed by atoms with van der Waals surface area (Å²) in [5.41, 5.74) is 0.414. The van der Waals surface area contributed by atoms with Crippen molar-refractivity contribution in [3.63, 3.8) is 0 Å². The van der Waals surface area contributed by atoms with Crippen LogP contribution < -0.4 is 0 Å². The van der Waals surface area contributed by atoms with Crippen LogP contribution in [0.5, 0.6) is 0 Å². The Balaban J connectivity index is 3.61. The summed E-state index contributed by atoms with van der Waals surface area (Å²) in [4.78, 5) is 15.0. The summed E-state index contributed by atoms with van der Waals surface area (Å²) in [5, 5.41) is 0. The summed E-state index contributed by atoms with van der Waals surface area (Å²) < 4.78 is 4.81. The number of carbonyl (C=O) groups is 1. The van der Waals surface area contributed by atoms with Gasteiger partial charge in [0, 0.05) is 17.8 Å². The van der Waals surface area contributed by atoms with E-state index in [1.165, 1.54) is 0 Å². The molecule has 0 aliphatic rings. The SMILES string of the molecule is C=C(C)C(=O)OC/C=N/C(C)CC. The smallest absolute Gasteiger partial charge is 0.333 e. The van der Waals surface area contributed by atoms with E-state index in [0.29, 0.717) is 11.6 Å². The number of rotatable bonds is 5. The molecule has 3 nitrogen and oxygen atoms in total. The molecule has 0 fully saturated rings. The zero-order valence-corrected chi connectivity index (χ0v) is 8.54. The number of nitrogens with zero attached hydrogens (tertiary/aromatic N) is 1. The first-order valence-electron chi connectivity index (χ1n) is 4.42. The highest BCUT2D eigenvalue weighted by Gasteiger charge is 2.00. The zero-order chi connectivity index (χ0) is 10.3. The molecule has 3 heteroatoms. The summed E-state index contributed by atoms with van der Waals surface area (Å²) >= 11 is 0. The van der Waals surface area contributed by atoms with Crippen LogP contribution in [0.3, 0.4) is 0 Å². The van der Waals surface area contributed by atoms with Crippen LogP contribution in [0.25, 0.3) is 0 Å². The molecule has 0 radical (unpaired) electrons. The van der Waals surface area contributed by atoms with E-state index in [1.807, 2.05) is 6.92 Å². The first-order chi connectivity index (χ1) is 6.07. The molecule has 74 valence electrons. The molecule has 0 aromatic rings. The van der Waals surface area contributed by atoms with Crippen molar-refractivity contribution in [2.75, 3.05) is 6.61 Å². The molecule has 0 aliphatic carbocycles. The van der Waals surface area contributed by atoms with Gasteiger partial charge in [0.05, 0.1) is 0 Å². The molecule has 0 aliphatic heterocycles. The predicted molar refractivity (Wildman–Crippen MR) is 54.0 cm³/mol. The van der Waals surface area contributed by atoms with Crippen LogP contribution in [-0.4, -0.2) is 24.8 Å². The normalized spacial score (nSPS) is 12.8. The van der Waals surface area contributed by atoms with Crippen LogP contribution in [0.15, 0.2) is 17.1 Å². The van der Waals surface area contributed by atoms with Gasteiger partial charge < -0.3 is 4.74 Å². The maximum atomic E-state index is 10.9. The van der Waals surface area contributed by atoms with Gasteiger partial charge in [0.2, 0.25) is 0 Å². The molecular weight excluding hydrogens is 166 g/mol. The number of hydrogen-bond donors (Lipinski definition) is 0. The molecular formula is C10H17NO2.